The van der Waals surface area contributed by atoms with E-state index in [2.05, 4.69) is 62.3 Å². The third-order valence-electron chi connectivity index (χ3n) is 4.40. The third kappa shape index (κ3) is 4.60. The van der Waals surface area contributed by atoms with Gasteiger partial charge in [0.15, 0.2) is 0 Å². The number of ether oxygens (including phenoxy) is 1. The number of rotatable bonds is 6. The van der Waals surface area contributed by atoms with Crippen LogP contribution in [0.4, 0.5) is 17.5 Å². The molecule has 1 saturated heterocycles. The molecule has 6 heteroatoms. The Balaban J connectivity index is 1.64. The van der Waals surface area contributed by atoms with Crippen LogP contribution in [-0.2, 0) is 4.74 Å². The van der Waals surface area contributed by atoms with Crippen molar-refractivity contribution in [2.75, 3.05) is 61.6 Å². The number of aromatic nitrogens is 2. The molecule has 1 aliphatic heterocycles. The summed E-state index contributed by atoms with van der Waals surface area (Å²) in [5.74, 6) is 1.67. The molecule has 0 amide bonds. The van der Waals surface area contributed by atoms with E-state index in [1.54, 1.807) is 7.11 Å². The first-order valence-electron chi connectivity index (χ1n) is 8.81. The highest BCUT2D eigenvalue weighted by Gasteiger charge is 2.19. The zero-order chi connectivity index (χ0) is 17.6. The number of nitrogens with one attached hydrogen (secondary N) is 1. The summed E-state index contributed by atoms with van der Waals surface area (Å²) in [5, 5.41) is 3.22. The maximum Gasteiger partial charge on any atom is 0.224 e. The molecule has 1 aliphatic rings. The monoisotopic (exact) mass is 341 g/mol. The predicted molar refractivity (Wildman–Crippen MR) is 103 cm³/mol. The molecule has 0 aliphatic carbocycles. The van der Waals surface area contributed by atoms with E-state index in [1.807, 2.05) is 6.92 Å². The van der Waals surface area contributed by atoms with E-state index >= 15 is 0 Å². The fourth-order valence-electron chi connectivity index (χ4n) is 3.08. The third-order valence-corrected chi connectivity index (χ3v) is 4.40. The highest BCUT2D eigenvalue weighted by Crippen LogP contribution is 2.21. The fourth-order valence-corrected chi connectivity index (χ4v) is 3.08. The molecule has 134 valence electrons. The van der Waals surface area contributed by atoms with Gasteiger partial charge in [0.05, 0.1) is 6.61 Å². The van der Waals surface area contributed by atoms with Crippen molar-refractivity contribution in [2.45, 2.75) is 13.8 Å². The number of aryl methyl sites for hydroxylation is 2. The molecule has 1 N–H and O–H groups in total. The van der Waals surface area contributed by atoms with Gasteiger partial charge in [-0.2, -0.15) is 4.98 Å². The van der Waals surface area contributed by atoms with Crippen molar-refractivity contribution in [3.05, 3.63) is 41.6 Å². The Morgan fingerprint density at radius 2 is 1.80 bits per heavy atom. The molecule has 0 atom stereocenters. The smallest absolute Gasteiger partial charge is 0.224 e. The van der Waals surface area contributed by atoms with Crippen LogP contribution in [-0.4, -0.2) is 56.4 Å². The average Bonchev–Trinajstić information content (AvgIpc) is 2.62. The second-order valence-corrected chi connectivity index (χ2v) is 6.42. The molecule has 0 radical (unpaired) electrons. The van der Waals surface area contributed by atoms with E-state index in [0.717, 1.165) is 37.7 Å². The summed E-state index contributed by atoms with van der Waals surface area (Å²) in [5.41, 5.74) is 3.59. The van der Waals surface area contributed by atoms with Crippen LogP contribution in [0, 0.1) is 13.8 Å². The van der Waals surface area contributed by atoms with Gasteiger partial charge in [-0.05, 0) is 31.5 Å². The van der Waals surface area contributed by atoms with Crippen molar-refractivity contribution in [1.82, 2.24) is 9.97 Å². The first-order valence-corrected chi connectivity index (χ1v) is 8.81. The van der Waals surface area contributed by atoms with E-state index in [-0.39, 0.29) is 0 Å². The first kappa shape index (κ1) is 17.5. The standard InChI is InChI=1S/C19H27N5O/c1-15-5-4-6-17(13-15)23-8-10-24(11-9-23)18-14-16(2)21-19(22-18)20-7-12-25-3/h4-6,13-14H,7-12H2,1-3H3,(H,20,21,22). The Labute approximate surface area is 149 Å². The van der Waals surface area contributed by atoms with Crippen molar-refractivity contribution in [3.63, 3.8) is 0 Å². The van der Waals surface area contributed by atoms with Gasteiger partial charge < -0.3 is 19.9 Å². The number of benzene rings is 1. The molecule has 0 saturated carbocycles. The number of hydrogen-bond donors (Lipinski definition) is 1. The average molecular weight is 341 g/mol. The zero-order valence-corrected chi connectivity index (χ0v) is 15.3. The Hall–Kier alpha value is -2.34. The molecule has 2 aromatic rings. The summed E-state index contributed by atoms with van der Waals surface area (Å²) in [7, 11) is 1.69. The highest BCUT2D eigenvalue weighted by molar-refractivity contribution is 5.52. The quantitative estimate of drug-likeness (QED) is 0.815. The van der Waals surface area contributed by atoms with Gasteiger partial charge in [0, 0.05) is 57.3 Å². The van der Waals surface area contributed by atoms with Crippen LogP contribution in [0.2, 0.25) is 0 Å². The minimum atomic E-state index is 0.641. The Morgan fingerprint density at radius 3 is 2.52 bits per heavy atom. The predicted octanol–water partition coefficient (Wildman–Crippen LogP) is 2.48. The van der Waals surface area contributed by atoms with Crippen molar-refractivity contribution in [2.24, 2.45) is 0 Å². The van der Waals surface area contributed by atoms with Crippen LogP contribution < -0.4 is 15.1 Å². The van der Waals surface area contributed by atoms with E-state index in [4.69, 9.17) is 4.74 Å². The Bertz CT molecular complexity index is 698. The molecular weight excluding hydrogens is 314 g/mol. The summed E-state index contributed by atoms with van der Waals surface area (Å²) in [6.45, 7) is 9.42. The van der Waals surface area contributed by atoms with Gasteiger partial charge in [-0.3, -0.25) is 0 Å². The largest absolute Gasteiger partial charge is 0.383 e. The van der Waals surface area contributed by atoms with Crippen LogP contribution in [0.15, 0.2) is 30.3 Å². The summed E-state index contributed by atoms with van der Waals surface area (Å²) >= 11 is 0. The van der Waals surface area contributed by atoms with Crippen molar-refractivity contribution in [1.29, 1.82) is 0 Å². The maximum absolute atomic E-state index is 5.07. The van der Waals surface area contributed by atoms with Gasteiger partial charge in [-0.15, -0.1) is 0 Å². The molecule has 1 fully saturated rings. The number of anilines is 3. The first-order chi connectivity index (χ1) is 12.2. The molecular formula is C19H27N5O. The number of piperazine rings is 1. The minimum absolute atomic E-state index is 0.641. The highest BCUT2D eigenvalue weighted by atomic mass is 16.5. The molecule has 6 nitrogen and oxygen atoms in total. The van der Waals surface area contributed by atoms with Gasteiger partial charge in [-0.1, -0.05) is 12.1 Å². The summed E-state index contributed by atoms with van der Waals surface area (Å²) in [6.07, 6.45) is 0. The van der Waals surface area contributed by atoms with Crippen LogP contribution in [0.25, 0.3) is 0 Å². The maximum atomic E-state index is 5.07. The normalized spacial score (nSPS) is 14.7. The molecule has 0 bridgehead atoms. The number of methoxy groups -OCH3 is 1. The number of nitrogens with zero attached hydrogens (tertiary/aromatic N) is 4. The van der Waals surface area contributed by atoms with Crippen LogP contribution >= 0.6 is 0 Å². The van der Waals surface area contributed by atoms with Crippen molar-refractivity contribution >= 4 is 17.5 Å². The second kappa shape index (κ2) is 8.16. The molecule has 0 unspecified atom stereocenters. The fraction of sp³-hybridized carbons (Fsp3) is 0.474. The van der Waals surface area contributed by atoms with Gasteiger partial charge >= 0.3 is 0 Å². The van der Waals surface area contributed by atoms with Crippen LogP contribution in [0.5, 0.6) is 0 Å². The van der Waals surface area contributed by atoms with E-state index < -0.39 is 0 Å². The van der Waals surface area contributed by atoms with Gasteiger partial charge in [-0.25, -0.2) is 4.98 Å². The van der Waals surface area contributed by atoms with Crippen LogP contribution in [0.3, 0.4) is 0 Å². The summed E-state index contributed by atoms with van der Waals surface area (Å²) in [4.78, 5) is 13.9. The summed E-state index contributed by atoms with van der Waals surface area (Å²) in [6, 6.07) is 10.8. The Kier molecular flexibility index (Phi) is 5.71. The van der Waals surface area contributed by atoms with Gasteiger partial charge in [0.25, 0.3) is 0 Å². The van der Waals surface area contributed by atoms with Gasteiger partial charge in [0.1, 0.15) is 5.82 Å². The lowest BCUT2D eigenvalue weighted by Gasteiger charge is -2.37. The lowest BCUT2D eigenvalue weighted by molar-refractivity contribution is 0.210. The van der Waals surface area contributed by atoms with E-state index in [9.17, 15) is 0 Å². The molecule has 1 aromatic carbocycles. The topological polar surface area (TPSA) is 53.5 Å². The van der Waals surface area contributed by atoms with Crippen molar-refractivity contribution < 1.29 is 4.74 Å². The molecule has 0 spiro atoms. The molecule has 2 heterocycles. The zero-order valence-electron chi connectivity index (χ0n) is 15.3. The molecule has 1 aromatic heterocycles. The molecule has 3 rings (SSSR count). The van der Waals surface area contributed by atoms with Gasteiger partial charge in [0.2, 0.25) is 5.95 Å². The van der Waals surface area contributed by atoms with E-state index in [0.29, 0.717) is 19.1 Å². The summed E-state index contributed by atoms with van der Waals surface area (Å²) < 4.78 is 5.07. The second-order valence-electron chi connectivity index (χ2n) is 6.42. The minimum Gasteiger partial charge on any atom is -0.383 e. The molecule has 25 heavy (non-hydrogen) atoms. The van der Waals surface area contributed by atoms with E-state index in [1.165, 1.54) is 11.3 Å². The number of hydrogen-bond acceptors (Lipinski definition) is 6. The van der Waals surface area contributed by atoms with Crippen molar-refractivity contribution in [3.8, 4) is 0 Å². The lowest BCUT2D eigenvalue weighted by Crippen LogP contribution is -2.47. The van der Waals surface area contributed by atoms with Crippen LogP contribution in [0.1, 0.15) is 11.3 Å². The SMILES string of the molecule is COCCNc1nc(C)cc(N2CCN(c3cccc(C)c3)CC2)n1. The lowest BCUT2D eigenvalue weighted by atomic mass is 10.2. The Morgan fingerprint density at radius 1 is 1.04 bits per heavy atom.